The molecule has 1 nitrogen and oxygen atoms in total. The molecular weight excluding hydrogens is 309 g/mol. The van der Waals surface area contributed by atoms with Crippen LogP contribution in [-0.2, 0) is 0 Å². The van der Waals surface area contributed by atoms with Gasteiger partial charge in [0, 0.05) is 0 Å². The number of fused-ring (bicyclic) bond motifs is 1. The van der Waals surface area contributed by atoms with Gasteiger partial charge in [-0.05, 0) is 29.4 Å². The molecule has 1 aliphatic carbocycles. The normalized spacial score (nSPS) is 24.4. The molecule has 21 heavy (non-hydrogen) atoms. The van der Waals surface area contributed by atoms with Crippen molar-refractivity contribution in [1.82, 2.24) is 0 Å². The molecule has 112 valence electrons. The van der Waals surface area contributed by atoms with Gasteiger partial charge in [-0.3, -0.25) is 4.99 Å². The zero-order chi connectivity index (χ0) is 15.4. The van der Waals surface area contributed by atoms with Crippen molar-refractivity contribution >= 4 is 15.9 Å². The Hall–Kier alpha value is -1.89. The number of allylic oxidation sites excluding steroid dienone is 2. The lowest BCUT2D eigenvalue weighted by Gasteiger charge is -2.42. The van der Waals surface area contributed by atoms with Crippen molar-refractivity contribution < 1.29 is 19.4 Å². The maximum absolute atomic E-state index is 12.8. The summed E-state index contributed by atoms with van der Waals surface area (Å²) < 4.78 is 64.0. The van der Waals surface area contributed by atoms with Gasteiger partial charge in [-0.2, -0.15) is 0 Å². The number of rotatable bonds is 2. The van der Waals surface area contributed by atoms with Crippen LogP contribution in [-0.4, -0.2) is 11.8 Å². The molecule has 0 saturated heterocycles. The third-order valence-corrected chi connectivity index (χ3v) is 4.33. The van der Waals surface area contributed by atoms with Crippen molar-refractivity contribution in [2.45, 2.75) is 6.04 Å². The van der Waals surface area contributed by atoms with Gasteiger partial charge in [0.1, 0.15) is 4.91 Å². The Morgan fingerprint density at radius 2 is 1.57 bits per heavy atom. The van der Waals surface area contributed by atoms with Crippen LogP contribution in [0.1, 0.15) is 5.56 Å². The van der Waals surface area contributed by atoms with Crippen molar-refractivity contribution in [3.05, 3.63) is 70.7 Å². The van der Waals surface area contributed by atoms with E-state index in [1.54, 1.807) is 30.3 Å². The van der Waals surface area contributed by atoms with Gasteiger partial charge >= 0.3 is 10.2 Å². The summed E-state index contributed by atoms with van der Waals surface area (Å²) in [6, 6.07) is 8.21. The molecule has 0 fully saturated rings. The third-order valence-electron chi connectivity index (χ3n) is 3.19. The van der Waals surface area contributed by atoms with E-state index in [-0.39, 0.29) is 5.57 Å². The minimum atomic E-state index is -9.64. The van der Waals surface area contributed by atoms with E-state index < -0.39 is 21.2 Å². The number of halogens is 5. The van der Waals surface area contributed by atoms with Crippen molar-refractivity contribution in [2.75, 3.05) is 0 Å². The fourth-order valence-corrected chi connectivity index (χ4v) is 2.89. The van der Waals surface area contributed by atoms with Crippen LogP contribution < -0.4 is 0 Å². The third kappa shape index (κ3) is 2.78. The highest BCUT2D eigenvalue weighted by atomic mass is 32.5. The molecule has 0 aromatic heterocycles. The van der Waals surface area contributed by atoms with Crippen LogP contribution in [0.15, 0.2) is 70.1 Å². The molecular formula is C14H10F5NS. The lowest BCUT2D eigenvalue weighted by molar-refractivity contribution is 0.380. The highest BCUT2D eigenvalue weighted by Crippen LogP contribution is 3.02. The summed E-state index contributed by atoms with van der Waals surface area (Å²) in [7, 11) is -9.64. The summed E-state index contributed by atoms with van der Waals surface area (Å²) in [6.07, 6.45) is 3.37. The quantitative estimate of drug-likeness (QED) is 0.635. The molecule has 7 heteroatoms. The predicted octanol–water partition coefficient (Wildman–Crippen LogP) is 5.54. The lowest BCUT2D eigenvalue weighted by Crippen LogP contribution is -2.13. The Kier molecular flexibility index (Phi) is 2.44. The summed E-state index contributed by atoms with van der Waals surface area (Å²) in [5.41, 5.74) is 1.34. The van der Waals surface area contributed by atoms with Crippen LogP contribution in [0.3, 0.4) is 0 Å². The van der Waals surface area contributed by atoms with Crippen LogP contribution >= 0.6 is 10.2 Å². The van der Waals surface area contributed by atoms with E-state index in [9.17, 15) is 19.4 Å². The summed E-state index contributed by atoms with van der Waals surface area (Å²) in [5.74, 6) is 0. The van der Waals surface area contributed by atoms with E-state index in [1.807, 2.05) is 0 Å². The van der Waals surface area contributed by atoms with Gasteiger partial charge in [0.2, 0.25) is 0 Å². The topological polar surface area (TPSA) is 12.4 Å². The molecule has 0 N–H and O–H groups in total. The van der Waals surface area contributed by atoms with Crippen molar-refractivity contribution in [3.8, 4) is 0 Å². The first-order chi connectivity index (χ1) is 9.53. The highest BCUT2D eigenvalue weighted by Gasteiger charge is 2.66. The maximum Gasteiger partial charge on any atom is 0.310 e. The fraction of sp³-hybridized carbons (Fsp3) is 0.0714. The number of hydrogen-bond acceptors (Lipinski definition) is 1. The maximum atomic E-state index is 12.8. The first-order valence-electron chi connectivity index (χ1n) is 6.02. The number of aliphatic imine (C=N–C) groups is 1. The molecule has 1 aliphatic heterocycles. The Morgan fingerprint density at radius 3 is 2.19 bits per heavy atom. The van der Waals surface area contributed by atoms with Gasteiger partial charge in [-0.1, -0.05) is 55.8 Å². The average Bonchev–Trinajstić information content (AvgIpc) is 2.80. The Labute approximate surface area is 117 Å². The number of benzene rings is 1. The fourth-order valence-electron chi connectivity index (χ4n) is 2.19. The van der Waals surface area contributed by atoms with Gasteiger partial charge in [0.15, 0.2) is 0 Å². The smallest absolute Gasteiger partial charge is 0.272 e. The van der Waals surface area contributed by atoms with Gasteiger partial charge in [-0.25, -0.2) is 0 Å². The lowest BCUT2D eigenvalue weighted by atomic mass is 10.0. The monoisotopic (exact) mass is 319 g/mol. The van der Waals surface area contributed by atoms with Crippen LogP contribution in [0.5, 0.6) is 0 Å². The SMILES string of the molecule is FS(F)(F)(F)(F)C1=CC2=CC(c3ccccc3)=N[C@@H]2C=C1. The van der Waals surface area contributed by atoms with E-state index in [0.29, 0.717) is 17.9 Å². The van der Waals surface area contributed by atoms with Crippen molar-refractivity contribution in [2.24, 2.45) is 4.99 Å². The minimum Gasteiger partial charge on any atom is -0.272 e. The molecule has 0 spiro atoms. The molecule has 1 aromatic carbocycles. The standard InChI is InChI=1S/C14H10F5NS/c15-21(16,17,18,19)12-6-7-13-11(8-12)9-14(20-13)10-4-2-1-3-5-10/h1-9,13H/t13-/m1/s1. The zero-order valence-corrected chi connectivity index (χ0v) is 11.3. The van der Waals surface area contributed by atoms with Gasteiger partial charge in [0.05, 0.1) is 11.8 Å². The second-order valence-corrected chi connectivity index (χ2v) is 7.25. The Morgan fingerprint density at radius 1 is 0.905 bits per heavy atom. The zero-order valence-electron chi connectivity index (χ0n) is 10.5. The molecule has 3 rings (SSSR count). The molecule has 1 aromatic rings. The van der Waals surface area contributed by atoms with Gasteiger partial charge < -0.3 is 0 Å². The first-order valence-corrected chi connectivity index (χ1v) is 7.97. The largest absolute Gasteiger partial charge is 0.310 e. The molecule has 0 unspecified atom stereocenters. The van der Waals surface area contributed by atoms with E-state index in [0.717, 1.165) is 11.6 Å². The second kappa shape index (κ2) is 3.65. The minimum absolute atomic E-state index is 0.125. The molecule has 0 radical (unpaired) electrons. The molecule has 1 atom stereocenters. The molecule has 2 aliphatic rings. The summed E-state index contributed by atoms with van der Waals surface area (Å²) in [5, 5.41) is 0. The molecule has 1 heterocycles. The van der Waals surface area contributed by atoms with Gasteiger partial charge in [0.25, 0.3) is 0 Å². The van der Waals surface area contributed by atoms with Crippen molar-refractivity contribution in [3.63, 3.8) is 0 Å². The predicted molar refractivity (Wildman–Crippen MR) is 75.2 cm³/mol. The van der Waals surface area contributed by atoms with Crippen LogP contribution in [0.25, 0.3) is 0 Å². The van der Waals surface area contributed by atoms with Crippen molar-refractivity contribution in [1.29, 1.82) is 0 Å². The van der Waals surface area contributed by atoms with E-state index in [4.69, 9.17) is 0 Å². The Bertz CT molecular complexity index is 726. The number of hydrogen-bond donors (Lipinski definition) is 0. The Balaban J connectivity index is 2.01. The molecule has 0 bridgehead atoms. The number of nitrogens with zero attached hydrogens (tertiary/aromatic N) is 1. The molecule has 0 amide bonds. The molecule has 0 saturated carbocycles. The van der Waals surface area contributed by atoms with E-state index in [1.165, 1.54) is 6.08 Å². The summed E-state index contributed by atoms with van der Waals surface area (Å²) in [4.78, 5) is 2.36. The van der Waals surface area contributed by atoms with E-state index in [2.05, 4.69) is 4.99 Å². The van der Waals surface area contributed by atoms with Crippen LogP contribution in [0, 0.1) is 0 Å². The highest BCUT2D eigenvalue weighted by molar-refractivity contribution is 8.48. The van der Waals surface area contributed by atoms with Gasteiger partial charge in [-0.15, -0.1) is 0 Å². The van der Waals surface area contributed by atoms with Crippen LogP contribution in [0.2, 0.25) is 0 Å². The summed E-state index contributed by atoms with van der Waals surface area (Å²) in [6.45, 7) is 0. The second-order valence-electron chi connectivity index (χ2n) is 4.84. The summed E-state index contributed by atoms with van der Waals surface area (Å²) >= 11 is 0. The average molecular weight is 319 g/mol. The van der Waals surface area contributed by atoms with E-state index >= 15 is 0 Å². The van der Waals surface area contributed by atoms with Crippen LogP contribution in [0.4, 0.5) is 19.4 Å². The first kappa shape index (κ1) is 14.1.